The van der Waals surface area contributed by atoms with Crippen molar-refractivity contribution in [2.24, 2.45) is 5.92 Å². The van der Waals surface area contributed by atoms with Gasteiger partial charge in [0.25, 0.3) is 5.91 Å². The van der Waals surface area contributed by atoms with Crippen LogP contribution in [0.3, 0.4) is 0 Å². The number of ketones is 1. The average Bonchev–Trinajstić information content (AvgIpc) is 3.46. The van der Waals surface area contributed by atoms with Crippen molar-refractivity contribution in [1.82, 2.24) is 5.16 Å². The molecular formula is C26H26N2O5. The third-order valence-corrected chi connectivity index (χ3v) is 6.01. The molecule has 2 heterocycles. The molecule has 0 radical (unpaired) electrons. The van der Waals surface area contributed by atoms with Crippen LogP contribution < -0.4 is 9.64 Å². The Balaban J connectivity index is 1.72. The first kappa shape index (κ1) is 22.3. The summed E-state index contributed by atoms with van der Waals surface area (Å²) in [7, 11) is 1.55. The van der Waals surface area contributed by atoms with Crippen molar-refractivity contribution in [3.63, 3.8) is 0 Å². The van der Waals surface area contributed by atoms with E-state index in [-0.39, 0.29) is 17.3 Å². The van der Waals surface area contributed by atoms with E-state index in [1.54, 1.807) is 49.6 Å². The van der Waals surface area contributed by atoms with Gasteiger partial charge >= 0.3 is 0 Å². The lowest BCUT2D eigenvalue weighted by atomic mass is 9.87. The molecule has 0 spiro atoms. The molecule has 2 unspecified atom stereocenters. The van der Waals surface area contributed by atoms with Crippen molar-refractivity contribution in [3.05, 3.63) is 77.8 Å². The van der Waals surface area contributed by atoms with Crippen molar-refractivity contribution in [1.29, 1.82) is 0 Å². The van der Waals surface area contributed by atoms with Crippen LogP contribution in [0.25, 0.3) is 11.3 Å². The van der Waals surface area contributed by atoms with Crippen molar-refractivity contribution < 1.29 is 24.0 Å². The number of carbonyl (C=O) groups is 2. The molecule has 0 fully saturated rings. The molecular weight excluding hydrogens is 420 g/mol. The molecule has 7 heteroatoms. The van der Waals surface area contributed by atoms with Crippen LogP contribution in [0.5, 0.6) is 5.75 Å². The minimum Gasteiger partial charge on any atom is -0.503 e. The Labute approximate surface area is 192 Å². The van der Waals surface area contributed by atoms with Crippen LogP contribution in [-0.2, 0) is 4.79 Å². The minimum atomic E-state index is -0.579. The minimum absolute atomic E-state index is 0.0454. The Morgan fingerprint density at radius 1 is 1.15 bits per heavy atom. The topological polar surface area (TPSA) is 92.9 Å². The van der Waals surface area contributed by atoms with Gasteiger partial charge in [0.15, 0.2) is 11.5 Å². The molecule has 0 saturated heterocycles. The number of aliphatic hydroxyl groups is 1. The molecule has 1 aliphatic rings. The number of rotatable bonds is 8. The number of hydrogen-bond acceptors (Lipinski definition) is 6. The van der Waals surface area contributed by atoms with E-state index in [0.717, 1.165) is 18.4 Å². The van der Waals surface area contributed by atoms with Crippen molar-refractivity contribution >= 4 is 17.4 Å². The maximum atomic E-state index is 13.5. The lowest BCUT2D eigenvalue weighted by Crippen LogP contribution is -2.41. The van der Waals surface area contributed by atoms with Gasteiger partial charge in [-0.2, -0.15) is 0 Å². The van der Waals surface area contributed by atoms with E-state index in [2.05, 4.69) is 12.1 Å². The third-order valence-electron chi connectivity index (χ3n) is 6.01. The van der Waals surface area contributed by atoms with Gasteiger partial charge in [0, 0.05) is 22.9 Å². The SMILES string of the molecule is CCCC(C)C1C(C(=O)c2ccc(OC)cc2)=C(O)C(=O)N1c1ccc(-c2ccon2)cc1. The Morgan fingerprint density at radius 3 is 2.42 bits per heavy atom. The van der Waals surface area contributed by atoms with Gasteiger partial charge in [-0.25, -0.2) is 0 Å². The lowest BCUT2D eigenvalue weighted by molar-refractivity contribution is -0.117. The molecule has 1 aromatic heterocycles. The summed E-state index contributed by atoms with van der Waals surface area (Å²) in [6.07, 6.45) is 3.17. The Hall–Kier alpha value is -3.87. The van der Waals surface area contributed by atoms with E-state index in [0.29, 0.717) is 22.7 Å². The van der Waals surface area contributed by atoms with Gasteiger partial charge < -0.3 is 14.4 Å². The first-order chi connectivity index (χ1) is 16.0. The predicted molar refractivity (Wildman–Crippen MR) is 124 cm³/mol. The van der Waals surface area contributed by atoms with Gasteiger partial charge in [0.2, 0.25) is 0 Å². The van der Waals surface area contributed by atoms with Crippen LogP contribution in [0.15, 0.2) is 76.7 Å². The highest BCUT2D eigenvalue weighted by molar-refractivity contribution is 6.20. The molecule has 0 aliphatic carbocycles. The second-order valence-electron chi connectivity index (χ2n) is 8.14. The highest BCUT2D eigenvalue weighted by Gasteiger charge is 2.45. The molecule has 3 aromatic rings. The Bertz CT molecular complexity index is 1160. The van der Waals surface area contributed by atoms with Gasteiger partial charge in [-0.05, 0) is 48.7 Å². The average molecular weight is 447 g/mol. The summed E-state index contributed by atoms with van der Waals surface area (Å²) in [5.41, 5.74) is 2.64. The van der Waals surface area contributed by atoms with E-state index in [1.165, 1.54) is 11.2 Å². The summed E-state index contributed by atoms with van der Waals surface area (Å²) in [6.45, 7) is 4.05. The van der Waals surface area contributed by atoms with E-state index in [9.17, 15) is 14.7 Å². The molecule has 1 N–H and O–H groups in total. The number of benzene rings is 2. The maximum absolute atomic E-state index is 13.5. The summed E-state index contributed by atoms with van der Waals surface area (Å²) in [5.74, 6) is -0.857. The van der Waals surface area contributed by atoms with Crippen LogP contribution >= 0.6 is 0 Å². The zero-order chi connectivity index (χ0) is 23.5. The number of ether oxygens (including phenoxy) is 1. The van der Waals surface area contributed by atoms with Gasteiger partial charge in [0.05, 0.1) is 18.7 Å². The number of amides is 1. The number of aromatic nitrogens is 1. The standard InChI is InChI=1S/C26H26N2O5/c1-4-5-16(2)23-22(24(29)18-8-12-20(32-3)13-9-18)25(30)26(31)28(23)19-10-6-17(7-11-19)21-14-15-33-27-21/h6-16,23,30H,4-5H2,1-3H3. The largest absolute Gasteiger partial charge is 0.503 e. The second kappa shape index (κ2) is 9.32. The summed E-state index contributed by atoms with van der Waals surface area (Å²) < 4.78 is 10.1. The van der Waals surface area contributed by atoms with Gasteiger partial charge in [-0.1, -0.05) is 37.6 Å². The normalized spacial score (nSPS) is 16.9. The lowest BCUT2D eigenvalue weighted by Gasteiger charge is -2.31. The zero-order valence-corrected chi connectivity index (χ0v) is 18.8. The highest BCUT2D eigenvalue weighted by Crippen LogP contribution is 2.38. The monoisotopic (exact) mass is 446 g/mol. The van der Waals surface area contributed by atoms with Crippen molar-refractivity contribution in [2.45, 2.75) is 32.7 Å². The molecule has 2 aromatic carbocycles. The number of Topliss-reactive ketones (excluding diaryl/α,β-unsaturated/α-hetero) is 1. The molecule has 2 atom stereocenters. The number of nitrogens with zero attached hydrogens (tertiary/aromatic N) is 2. The number of carbonyl (C=O) groups excluding carboxylic acids is 2. The van der Waals surface area contributed by atoms with Gasteiger partial charge in [0.1, 0.15) is 17.7 Å². The molecule has 4 rings (SSSR count). The molecule has 1 aliphatic heterocycles. The van der Waals surface area contributed by atoms with Crippen LogP contribution in [0.4, 0.5) is 5.69 Å². The van der Waals surface area contributed by atoms with Crippen LogP contribution in [0.1, 0.15) is 37.0 Å². The first-order valence-corrected chi connectivity index (χ1v) is 10.9. The second-order valence-corrected chi connectivity index (χ2v) is 8.14. The number of hydrogen-bond donors (Lipinski definition) is 1. The number of anilines is 1. The number of aliphatic hydroxyl groups excluding tert-OH is 1. The smallest absolute Gasteiger partial charge is 0.294 e. The summed E-state index contributed by atoms with van der Waals surface area (Å²) in [6, 6.07) is 15.1. The zero-order valence-electron chi connectivity index (χ0n) is 18.8. The maximum Gasteiger partial charge on any atom is 0.294 e. The van der Waals surface area contributed by atoms with E-state index >= 15 is 0 Å². The first-order valence-electron chi connectivity index (χ1n) is 10.9. The van der Waals surface area contributed by atoms with E-state index in [4.69, 9.17) is 9.26 Å². The molecule has 1 amide bonds. The fourth-order valence-electron chi connectivity index (χ4n) is 4.35. The van der Waals surface area contributed by atoms with E-state index in [1.807, 2.05) is 19.1 Å². The highest BCUT2D eigenvalue weighted by atomic mass is 16.5. The fraction of sp³-hybridized carbons (Fsp3) is 0.269. The number of methoxy groups -OCH3 is 1. The van der Waals surface area contributed by atoms with Gasteiger partial charge in [-0.3, -0.25) is 14.5 Å². The molecule has 7 nitrogen and oxygen atoms in total. The summed E-state index contributed by atoms with van der Waals surface area (Å²) in [5, 5.41) is 14.8. The predicted octanol–water partition coefficient (Wildman–Crippen LogP) is 5.20. The van der Waals surface area contributed by atoms with Crippen LogP contribution in [-0.4, -0.2) is 35.1 Å². The summed E-state index contributed by atoms with van der Waals surface area (Å²) >= 11 is 0. The van der Waals surface area contributed by atoms with E-state index < -0.39 is 17.7 Å². The molecule has 0 saturated carbocycles. The van der Waals surface area contributed by atoms with Crippen molar-refractivity contribution in [2.75, 3.05) is 12.0 Å². The van der Waals surface area contributed by atoms with Crippen LogP contribution in [0, 0.1) is 5.92 Å². The fourth-order valence-corrected chi connectivity index (χ4v) is 4.35. The quantitative estimate of drug-likeness (QED) is 0.478. The van der Waals surface area contributed by atoms with Gasteiger partial charge in [-0.15, -0.1) is 0 Å². The Morgan fingerprint density at radius 2 is 1.85 bits per heavy atom. The van der Waals surface area contributed by atoms with Crippen LogP contribution in [0.2, 0.25) is 0 Å². The molecule has 33 heavy (non-hydrogen) atoms. The Kier molecular flexibility index (Phi) is 6.31. The van der Waals surface area contributed by atoms with Crippen molar-refractivity contribution in [3.8, 4) is 17.0 Å². The summed E-state index contributed by atoms with van der Waals surface area (Å²) in [4.78, 5) is 28.2. The third kappa shape index (κ3) is 4.14. The molecule has 170 valence electrons. The molecule has 0 bridgehead atoms.